The fourth-order valence-electron chi connectivity index (χ4n) is 2.52. The zero-order chi connectivity index (χ0) is 15.8. The van der Waals surface area contributed by atoms with E-state index in [9.17, 15) is 18.3 Å². The van der Waals surface area contributed by atoms with Crippen molar-refractivity contribution in [3.05, 3.63) is 47.1 Å². The van der Waals surface area contributed by atoms with Gasteiger partial charge in [-0.3, -0.25) is 0 Å². The van der Waals surface area contributed by atoms with Crippen LogP contribution in [0.3, 0.4) is 0 Å². The average Bonchev–Trinajstić information content (AvgIpc) is 2.83. The fraction of sp³-hybridized carbons (Fsp3) is 0.467. The standard InChI is InChI=1S/C15H15F3N2O2/c16-15(17,18)11-4-1-3-10(7-11)8-12-19-13(22-20-12)9-14(21)5-2-6-14/h1,3-4,7,21H,2,5-6,8-9H2. The molecular formula is C15H15F3N2O2. The van der Waals surface area contributed by atoms with Gasteiger partial charge in [-0.25, -0.2) is 0 Å². The van der Waals surface area contributed by atoms with Crippen molar-refractivity contribution in [2.45, 2.75) is 43.9 Å². The van der Waals surface area contributed by atoms with E-state index in [-0.39, 0.29) is 6.42 Å². The molecule has 1 N–H and O–H groups in total. The van der Waals surface area contributed by atoms with Crippen LogP contribution >= 0.6 is 0 Å². The largest absolute Gasteiger partial charge is 0.416 e. The van der Waals surface area contributed by atoms with Gasteiger partial charge in [0.1, 0.15) is 0 Å². The monoisotopic (exact) mass is 312 g/mol. The lowest BCUT2D eigenvalue weighted by molar-refractivity contribution is -0.137. The van der Waals surface area contributed by atoms with E-state index in [1.807, 2.05) is 0 Å². The van der Waals surface area contributed by atoms with Gasteiger partial charge in [-0.2, -0.15) is 18.2 Å². The quantitative estimate of drug-likeness (QED) is 0.942. The summed E-state index contributed by atoms with van der Waals surface area (Å²) in [5, 5.41) is 13.8. The molecule has 118 valence electrons. The summed E-state index contributed by atoms with van der Waals surface area (Å²) in [4.78, 5) is 4.15. The predicted octanol–water partition coefficient (Wildman–Crippen LogP) is 3.14. The van der Waals surface area contributed by atoms with Crippen LogP contribution in [0.2, 0.25) is 0 Å². The highest BCUT2D eigenvalue weighted by atomic mass is 19.4. The molecule has 0 radical (unpaired) electrons. The molecule has 7 heteroatoms. The summed E-state index contributed by atoms with van der Waals surface area (Å²) < 4.78 is 43.1. The Kier molecular flexibility index (Phi) is 3.68. The Morgan fingerprint density at radius 2 is 2.05 bits per heavy atom. The van der Waals surface area contributed by atoms with Gasteiger partial charge in [-0.1, -0.05) is 23.4 Å². The summed E-state index contributed by atoms with van der Waals surface area (Å²) in [5.74, 6) is 0.640. The minimum Gasteiger partial charge on any atom is -0.389 e. The topological polar surface area (TPSA) is 59.2 Å². The normalized spacial score (nSPS) is 17.3. The molecule has 2 aromatic rings. The average molecular weight is 312 g/mol. The smallest absolute Gasteiger partial charge is 0.389 e. The number of aromatic nitrogens is 2. The molecule has 1 aromatic carbocycles. The van der Waals surface area contributed by atoms with E-state index < -0.39 is 17.3 Å². The molecule has 1 aliphatic rings. The first-order valence-electron chi connectivity index (χ1n) is 7.04. The number of alkyl halides is 3. The Morgan fingerprint density at radius 1 is 1.27 bits per heavy atom. The third-order valence-corrected chi connectivity index (χ3v) is 3.89. The molecule has 3 rings (SSSR count). The number of aliphatic hydroxyl groups is 1. The van der Waals surface area contributed by atoms with Gasteiger partial charge in [0, 0.05) is 6.42 Å². The molecule has 0 spiro atoms. The molecule has 0 aliphatic heterocycles. The Morgan fingerprint density at radius 3 is 2.68 bits per heavy atom. The molecular weight excluding hydrogens is 297 g/mol. The predicted molar refractivity (Wildman–Crippen MR) is 71.1 cm³/mol. The molecule has 0 saturated heterocycles. The molecule has 1 saturated carbocycles. The zero-order valence-electron chi connectivity index (χ0n) is 11.7. The Balaban J connectivity index is 1.70. The van der Waals surface area contributed by atoms with E-state index >= 15 is 0 Å². The Labute approximate surface area is 125 Å². The van der Waals surface area contributed by atoms with Crippen LogP contribution in [-0.4, -0.2) is 20.8 Å². The van der Waals surface area contributed by atoms with Gasteiger partial charge in [-0.05, 0) is 30.9 Å². The van der Waals surface area contributed by atoms with Crippen molar-refractivity contribution < 1.29 is 22.8 Å². The first kappa shape index (κ1) is 15.0. The molecule has 4 nitrogen and oxygen atoms in total. The van der Waals surface area contributed by atoms with E-state index in [0.717, 1.165) is 18.6 Å². The summed E-state index contributed by atoms with van der Waals surface area (Å²) in [6.07, 6.45) is -1.53. The Hall–Kier alpha value is -1.89. The Bertz CT molecular complexity index is 663. The number of nitrogens with zero attached hydrogens (tertiary/aromatic N) is 2. The van der Waals surface area contributed by atoms with Crippen LogP contribution in [0.1, 0.15) is 42.1 Å². The van der Waals surface area contributed by atoms with Crippen molar-refractivity contribution in [3.63, 3.8) is 0 Å². The molecule has 0 unspecified atom stereocenters. The van der Waals surface area contributed by atoms with E-state index in [1.54, 1.807) is 6.07 Å². The van der Waals surface area contributed by atoms with Crippen molar-refractivity contribution in [2.75, 3.05) is 0 Å². The first-order valence-corrected chi connectivity index (χ1v) is 7.04. The fourth-order valence-corrected chi connectivity index (χ4v) is 2.52. The van der Waals surface area contributed by atoms with Gasteiger partial charge in [0.25, 0.3) is 0 Å². The van der Waals surface area contributed by atoms with Crippen LogP contribution in [0.5, 0.6) is 0 Å². The number of hydrogen-bond donors (Lipinski definition) is 1. The third kappa shape index (κ3) is 3.30. The molecule has 1 aromatic heterocycles. The number of hydrogen-bond acceptors (Lipinski definition) is 4. The number of halogens is 3. The SMILES string of the molecule is OC1(Cc2nc(Cc3cccc(C(F)(F)F)c3)no2)CCC1. The van der Waals surface area contributed by atoms with Gasteiger partial charge < -0.3 is 9.63 Å². The molecule has 1 fully saturated rings. The van der Waals surface area contributed by atoms with Crippen molar-refractivity contribution in [1.29, 1.82) is 0 Å². The summed E-state index contributed by atoms with van der Waals surface area (Å²) in [6.45, 7) is 0. The van der Waals surface area contributed by atoms with Gasteiger partial charge in [0.15, 0.2) is 5.82 Å². The van der Waals surface area contributed by atoms with Crippen LogP contribution in [0, 0.1) is 0 Å². The van der Waals surface area contributed by atoms with Crippen molar-refractivity contribution in [3.8, 4) is 0 Å². The van der Waals surface area contributed by atoms with Crippen LogP contribution in [0.25, 0.3) is 0 Å². The summed E-state index contributed by atoms with van der Waals surface area (Å²) in [5.41, 5.74) is -0.998. The molecule has 0 atom stereocenters. The van der Waals surface area contributed by atoms with E-state index in [1.165, 1.54) is 6.07 Å². The van der Waals surface area contributed by atoms with E-state index in [4.69, 9.17) is 4.52 Å². The second-order valence-electron chi connectivity index (χ2n) is 5.73. The lowest BCUT2D eigenvalue weighted by Gasteiger charge is -2.35. The lowest BCUT2D eigenvalue weighted by atomic mass is 9.78. The highest BCUT2D eigenvalue weighted by molar-refractivity contribution is 5.27. The zero-order valence-corrected chi connectivity index (χ0v) is 11.7. The van der Waals surface area contributed by atoms with Crippen LogP contribution in [-0.2, 0) is 19.0 Å². The van der Waals surface area contributed by atoms with E-state index in [2.05, 4.69) is 10.1 Å². The number of rotatable bonds is 4. The number of benzene rings is 1. The van der Waals surface area contributed by atoms with Gasteiger partial charge in [-0.15, -0.1) is 0 Å². The van der Waals surface area contributed by atoms with Crippen LogP contribution in [0.4, 0.5) is 13.2 Å². The van der Waals surface area contributed by atoms with Crippen molar-refractivity contribution >= 4 is 0 Å². The van der Waals surface area contributed by atoms with Gasteiger partial charge >= 0.3 is 6.18 Å². The second kappa shape index (κ2) is 5.39. The van der Waals surface area contributed by atoms with Gasteiger partial charge in [0.05, 0.1) is 17.6 Å². The summed E-state index contributed by atoms with van der Waals surface area (Å²) in [6, 6.07) is 5.05. The minimum absolute atomic E-state index is 0.159. The highest BCUT2D eigenvalue weighted by Crippen LogP contribution is 2.34. The maximum atomic E-state index is 12.7. The molecule has 0 amide bonds. The molecule has 1 heterocycles. The maximum Gasteiger partial charge on any atom is 0.416 e. The van der Waals surface area contributed by atoms with Gasteiger partial charge in [0.2, 0.25) is 5.89 Å². The van der Waals surface area contributed by atoms with Crippen LogP contribution in [0.15, 0.2) is 28.8 Å². The molecule has 0 bridgehead atoms. The van der Waals surface area contributed by atoms with Crippen molar-refractivity contribution in [2.24, 2.45) is 0 Å². The first-order chi connectivity index (χ1) is 10.3. The van der Waals surface area contributed by atoms with Crippen molar-refractivity contribution in [1.82, 2.24) is 10.1 Å². The third-order valence-electron chi connectivity index (χ3n) is 3.89. The minimum atomic E-state index is -4.37. The molecule has 22 heavy (non-hydrogen) atoms. The molecule has 1 aliphatic carbocycles. The summed E-state index contributed by atoms with van der Waals surface area (Å²) >= 11 is 0. The lowest BCUT2D eigenvalue weighted by Crippen LogP contribution is -2.39. The van der Waals surface area contributed by atoms with E-state index in [0.29, 0.717) is 36.5 Å². The van der Waals surface area contributed by atoms with Crippen LogP contribution < -0.4 is 0 Å². The summed E-state index contributed by atoms with van der Waals surface area (Å²) in [7, 11) is 0. The second-order valence-corrected chi connectivity index (χ2v) is 5.73. The maximum absolute atomic E-state index is 12.7. The highest BCUT2D eigenvalue weighted by Gasteiger charge is 2.36.